The third-order valence-corrected chi connectivity index (χ3v) is 10.2. The number of nitrogens with zero attached hydrogens (tertiary/aromatic N) is 5. The number of aromatic nitrogens is 3. The lowest BCUT2D eigenvalue weighted by Gasteiger charge is -2.31. The van der Waals surface area contributed by atoms with Gasteiger partial charge >= 0.3 is 0 Å². The minimum Gasteiger partial charge on any atom is -0.487 e. The number of pyridine rings is 2. The molecule has 0 aliphatic heterocycles. The standard InChI is InChI=1S/C44H50FN7O2S/c1-43(2,3)41(53)51(24-23-50(7)8)42(46)49-40-39(55-44(4,5)6)35-25-34(54-28-33-19-17-30-11-9-10-12-37(30)48-33)20-22-38(35)52(40)27-29-13-15-31(16-14-29)36-21-18-32(45)26-47-36/h9-22,25-26H,23-24,27-28H2,1-8H3,(H2,46,49). The molecule has 0 bridgehead atoms. The van der Waals surface area contributed by atoms with Crippen molar-refractivity contribution in [1.29, 1.82) is 5.41 Å². The highest BCUT2D eigenvalue weighted by Gasteiger charge is 2.32. The number of thioether (sulfide) groups is 1. The van der Waals surface area contributed by atoms with Gasteiger partial charge in [-0.1, -0.05) is 90.1 Å². The van der Waals surface area contributed by atoms with Gasteiger partial charge in [-0.05, 0) is 62.1 Å². The second-order valence-corrected chi connectivity index (χ2v) is 17.8. The molecule has 11 heteroatoms. The molecule has 6 rings (SSSR count). The smallest absolute Gasteiger partial charge is 0.234 e. The Balaban J connectivity index is 1.42. The summed E-state index contributed by atoms with van der Waals surface area (Å²) in [5, 5.41) is 14.9. The van der Waals surface area contributed by atoms with E-state index < -0.39 is 5.41 Å². The van der Waals surface area contributed by atoms with Crippen LogP contribution >= 0.6 is 11.8 Å². The van der Waals surface area contributed by atoms with Crippen LogP contribution < -0.4 is 10.1 Å². The van der Waals surface area contributed by atoms with Crippen LogP contribution in [0.2, 0.25) is 0 Å². The van der Waals surface area contributed by atoms with Gasteiger partial charge in [0.05, 0.1) is 33.5 Å². The maximum absolute atomic E-state index is 13.8. The molecule has 286 valence electrons. The first-order valence-corrected chi connectivity index (χ1v) is 19.2. The fraction of sp³-hybridized carbons (Fsp3) is 0.318. The van der Waals surface area contributed by atoms with Gasteiger partial charge in [0.25, 0.3) is 0 Å². The molecule has 0 saturated heterocycles. The highest BCUT2D eigenvalue weighted by molar-refractivity contribution is 8.01. The van der Waals surface area contributed by atoms with Crippen LogP contribution in [0.1, 0.15) is 52.8 Å². The van der Waals surface area contributed by atoms with Crippen molar-refractivity contribution in [2.75, 3.05) is 32.5 Å². The van der Waals surface area contributed by atoms with E-state index in [0.29, 0.717) is 43.5 Å². The molecule has 55 heavy (non-hydrogen) atoms. The van der Waals surface area contributed by atoms with Crippen molar-refractivity contribution in [2.24, 2.45) is 5.41 Å². The zero-order valence-electron chi connectivity index (χ0n) is 32.9. The molecule has 3 aromatic heterocycles. The number of rotatable bonds is 11. The number of carbonyl (C=O) groups is 1. The van der Waals surface area contributed by atoms with E-state index in [1.54, 1.807) is 22.7 Å². The largest absolute Gasteiger partial charge is 0.487 e. The number of benzene rings is 3. The second kappa shape index (κ2) is 16.2. The zero-order valence-corrected chi connectivity index (χ0v) is 33.7. The summed E-state index contributed by atoms with van der Waals surface area (Å²) in [4.78, 5) is 27.4. The van der Waals surface area contributed by atoms with Crippen molar-refractivity contribution in [3.8, 4) is 17.0 Å². The average Bonchev–Trinajstić information content (AvgIpc) is 3.39. The molecule has 3 aromatic carbocycles. The van der Waals surface area contributed by atoms with Crippen LogP contribution in [0.25, 0.3) is 33.1 Å². The number of anilines is 1. The zero-order chi connectivity index (χ0) is 39.5. The number of carbonyl (C=O) groups excluding carboxylic acids is 1. The summed E-state index contributed by atoms with van der Waals surface area (Å²) in [6, 6.07) is 29.3. The van der Waals surface area contributed by atoms with Gasteiger partial charge in [0, 0.05) is 46.1 Å². The van der Waals surface area contributed by atoms with E-state index in [4.69, 9.17) is 9.72 Å². The van der Waals surface area contributed by atoms with E-state index >= 15 is 0 Å². The third-order valence-electron chi connectivity index (χ3n) is 8.92. The molecule has 0 saturated carbocycles. The molecule has 0 radical (unpaired) electrons. The maximum atomic E-state index is 13.8. The van der Waals surface area contributed by atoms with Crippen molar-refractivity contribution >= 4 is 51.3 Å². The fourth-order valence-corrected chi connectivity index (χ4v) is 7.29. The lowest BCUT2D eigenvalue weighted by molar-refractivity contribution is -0.135. The number of ether oxygens (including phenoxy) is 1. The molecule has 0 spiro atoms. The summed E-state index contributed by atoms with van der Waals surface area (Å²) >= 11 is 1.70. The lowest BCUT2D eigenvalue weighted by Crippen LogP contribution is -2.48. The van der Waals surface area contributed by atoms with Gasteiger partial charge in [-0.2, -0.15) is 0 Å². The topological polar surface area (TPSA) is 99.4 Å². The number of hydrogen-bond acceptors (Lipinski definition) is 7. The van der Waals surface area contributed by atoms with Crippen molar-refractivity contribution in [1.82, 2.24) is 24.3 Å². The second-order valence-electron chi connectivity index (χ2n) is 16.0. The first kappa shape index (κ1) is 39.4. The predicted molar refractivity (Wildman–Crippen MR) is 223 cm³/mol. The molecule has 0 atom stereocenters. The quantitative estimate of drug-likeness (QED) is 0.0771. The molecule has 9 nitrogen and oxygen atoms in total. The SMILES string of the molecule is CN(C)CCN(C(=N)Nc1c(SC(C)(C)C)c2cc(OCc3ccc4ccccc4n3)ccc2n1Cc1ccc(-c2ccc(F)cn2)cc1)C(=O)C(C)(C)C. The Labute approximate surface area is 327 Å². The Hall–Kier alpha value is -5.26. The molecular formula is C44H50FN7O2S. The van der Waals surface area contributed by atoms with Crippen LogP contribution in [0.3, 0.4) is 0 Å². The van der Waals surface area contributed by atoms with E-state index in [9.17, 15) is 14.6 Å². The minimum atomic E-state index is -0.691. The summed E-state index contributed by atoms with van der Waals surface area (Å²) in [6.07, 6.45) is 1.22. The Morgan fingerprint density at radius 3 is 2.35 bits per heavy atom. The number of fused-ring (bicyclic) bond motifs is 2. The average molecular weight is 760 g/mol. The van der Waals surface area contributed by atoms with Crippen LogP contribution in [0.15, 0.2) is 102 Å². The molecule has 3 heterocycles. The lowest BCUT2D eigenvalue weighted by atomic mass is 9.95. The monoisotopic (exact) mass is 759 g/mol. The van der Waals surface area contributed by atoms with E-state index in [2.05, 4.69) is 53.8 Å². The normalized spacial score (nSPS) is 12.0. The molecule has 2 N–H and O–H groups in total. The number of nitrogens with one attached hydrogen (secondary N) is 2. The first-order valence-electron chi connectivity index (χ1n) is 18.4. The van der Waals surface area contributed by atoms with Gasteiger partial charge in [0.1, 0.15) is 24.0 Å². The number of amides is 1. The summed E-state index contributed by atoms with van der Waals surface area (Å²) < 4.78 is 21.9. The Morgan fingerprint density at radius 2 is 1.67 bits per heavy atom. The highest BCUT2D eigenvalue weighted by atomic mass is 32.2. The van der Waals surface area contributed by atoms with Crippen LogP contribution in [0.4, 0.5) is 10.2 Å². The molecular weight excluding hydrogens is 710 g/mol. The van der Waals surface area contributed by atoms with Crippen LogP contribution in [0, 0.1) is 16.6 Å². The fourth-order valence-electron chi connectivity index (χ4n) is 6.15. The predicted octanol–water partition coefficient (Wildman–Crippen LogP) is 9.69. The van der Waals surface area contributed by atoms with Crippen molar-refractivity contribution in [2.45, 2.75) is 64.3 Å². The molecule has 0 aliphatic rings. The van der Waals surface area contributed by atoms with Crippen molar-refractivity contribution in [3.05, 3.63) is 114 Å². The van der Waals surface area contributed by atoms with Gasteiger partial charge in [-0.15, -0.1) is 11.8 Å². The molecule has 0 fully saturated rings. The van der Waals surface area contributed by atoms with Gasteiger partial charge in [-0.3, -0.25) is 20.1 Å². The first-order chi connectivity index (χ1) is 26.1. The van der Waals surface area contributed by atoms with Crippen LogP contribution in [-0.2, 0) is 17.9 Å². The van der Waals surface area contributed by atoms with E-state index in [1.807, 2.05) is 100 Å². The summed E-state index contributed by atoms with van der Waals surface area (Å²) in [6.45, 7) is 13.9. The minimum absolute atomic E-state index is 0.0122. The summed E-state index contributed by atoms with van der Waals surface area (Å²) in [5.74, 6) is 0.913. The van der Waals surface area contributed by atoms with Gasteiger partial charge in [0.2, 0.25) is 11.9 Å². The number of halogens is 1. The molecule has 0 aliphatic carbocycles. The van der Waals surface area contributed by atoms with Crippen LogP contribution in [-0.4, -0.2) is 68.1 Å². The Morgan fingerprint density at radius 1 is 0.927 bits per heavy atom. The highest BCUT2D eigenvalue weighted by Crippen LogP contribution is 2.45. The third kappa shape index (κ3) is 9.71. The van der Waals surface area contributed by atoms with Crippen LogP contribution in [0.5, 0.6) is 5.75 Å². The summed E-state index contributed by atoms with van der Waals surface area (Å²) in [7, 11) is 3.92. The number of para-hydroxylation sites is 1. The Kier molecular flexibility index (Phi) is 11.6. The molecule has 1 amide bonds. The Bertz CT molecular complexity index is 2310. The van der Waals surface area contributed by atoms with E-state index in [-0.39, 0.29) is 22.4 Å². The van der Waals surface area contributed by atoms with Gasteiger partial charge in [0.15, 0.2) is 0 Å². The number of hydrogen-bond donors (Lipinski definition) is 2. The molecule has 0 unspecified atom stereocenters. The number of likely N-dealkylation sites (N-methyl/N-ethyl adjacent to an activating group) is 1. The maximum Gasteiger partial charge on any atom is 0.234 e. The van der Waals surface area contributed by atoms with E-state index in [1.165, 1.54) is 12.3 Å². The van der Waals surface area contributed by atoms with Crippen molar-refractivity contribution in [3.63, 3.8) is 0 Å². The van der Waals surface area contributed by atoms with Crippen molar-refractivity contribution < 1.29 is 13.9 Å². The van der Waals surface area contributed by atoms with Gasteiger partial charge in [-0.25, -0.2) is 9.37 Å². The van der Waals surface area contributed by atoms with Gasteiger partial charge < -0.3 is 19.5 Å². The summed E-state index contributed by atoms with van der Waals surface area (Å²) in [5.41, 5.74) is 4.59. The number of guanidine groups is 1. The van der Waals surface area contributed by atoms with E-state index in [0.717, 1.165) is 43.5 Å². The molecule has 6 aromatic rings.